The first-order valence-corrected chi connectivity index (χ1v) is 51.8. The fraction of sp³-hybridized carbons (Fsp3) is 0.548. The third-order valence-corrected chi connectivity index (χ3v) is 35.0. The molecule has 600 valence electrons. The normalized spacial score (nSPS) is 14.8. The van der Waals surface area contributed by atoms with Gasteiger partial charge in [0.1, 0.15) is 20.1 Å². The molecule has 111 heavy (non-hydrogen) atoms. The summed E-state index contributed by atoms with van der Waals surface area (Å²) in [6.07, 6.45) is 46.5. The first kappa shape index (κ1) is 88.1. The number of carbonyl (C=O) groups is 2. The number of ether oxygens (including phenoxy) is 2. The number of rotatable bonds is 51. The van der Waals surface area contributed by atoms with E-state index >= 15 is 0 Å². The van der Waals surface area contributed by atoms with Crippen molar-refractivity contribution in [1.82, 2.24) is 9.80 Å². The van der Waals surface area contributed by atoms with Gasteiger partial charge in [0.05, 0.1) is 32.4 Å². The lowest BCUT2D eigenvalue weighted by Crippen LogP contribution is -2.27. The van der Waals surface area contributed by atoms with Gasteiger partial charge in [-0.25, -0.2) is 0 Å². The maximum Gasteiger partial charge on any atom is 0.266 e. The van der Waals surface area contributed by atoms with Crippen molar-refractivity contribution in [2.45, 2.75) is 294 Å². The van der Waals surface area contributed by atoms with Gasteiger partial charge in [0.25, 0.3) is 11.8 Å². The second-order valence-electron chi connectivity index (χ2n) is 30.7. The summed E-state index contributed by atoms with van der Waals surface area (Å²) in [4.78, 5) is 50.3. The number of carbonyl (C=O) groups excluding carboxylic acids is 2. The number of benzene rings is 1. The van der Waals surface area contributed by atoms with Gasteiger partial charge in [-0.05, 0) is 185 Å². The molecule has 1 aromatic carbocycles. The number of thioether (sulfide) groups is 2. The van der Waals surface area contributed by atoms with Crippen molar-refractivity contribution in [2.24, 2.45) is 11.8 Å². The highest BCUT2D eigenvalue weighted by Crippen LogP contribution is 2.57. The van der Waals surface area contributed by atoms with E-state index in [0.717, 1.165) is 102 Å². The maximum atomic E-state index is 13.6. The van der Waals surface area contributed by atoms with Crippen molar-refractivity contribution >= 4 is 191 Å². The highest BCUT2D eigenvalue weighted by atomic mass is 32.2. The second-order valence-corrected chi connectivity index (χ2v) is 42.5. The number of likely N-dealkylation sites (N-methyl/N-ethyl adjacent to an activating group) is 2. The van der Waals surface area contributed by atoms with Crippen molar-refractivity contribution in [1.29, 1.82) is 0 Å². The third-order valence-electron chi connectivity index (χ3n) is 22.1. The SMILES string of the molecule is CCCCCCCCc1cc(/C=C2/SC(=S)N(CC)C2=O)sc1-c1ccc(-c2sc(-c3cc4c(OCC(CC)CCCC)c5sc(-c6cc(CCCCCCCC)c(-c7ccc(-c8sc(/C=C9/SC(=S)N(CC)C9=O)cc8CCCCCCCC)s7)s6)cc5c(OCC(CC)CCC)c4s3)cc2CCCCCCCC)s1. The minimum absolute atomic E-state index is 0.0247. The lowest BCUT2D eigenvalue weighted by molar-refractivity contribution is -0.122. The minimum atomic E-state index is 0.0247. The van der Waals surface area contributed by atoms with Crippen LogP contribution >= 0.6 is 139 Å². The van der Waals surface area contributed by atoms with Gasteiger partial charge in [0.15, 0.2) is 0 Å². The molecular formula is C93H122N2O4S12. The lowest BCUT2D eigenvalue weighted by atomic mass is 10.0. The number of thiophene rings is 8. The molecule has 2 aliphatic heterocycles. The highest BCUT2D eigenvalue weighted by molar-refractivity contribution is 8.27. The van der Waals surface area contributed by atoms with E-state index in [1.54, 1.807) is 9.80 Å². The average Bonchev–Trinajstić information content (AvgIpc) is 1.57. The smallest absolute Gasteiger partial charge is 0.266 e. The minimum Gasteiger partial charge on any atom is -0.491 e. The van der Waals surface area contributed by atoms with Gasteiger partial charge in [-0.2, -0.15) is 0 Å². The van der Waals surface area contributed by atoms with Crippen molar-refractivity contribution in [3.8, 4) is 70.0 Å². The zero-order chi connectivity index (χ0) is 78.2. The molecule has 2 unspecified atom stereocenters. The Bertz CT molecular complexity index is 4290. The Morgan fingerprint density at radius 1 is 0.351 bits per heavy atom. The van der Waals surface area contributed by atoms with Crippen LogP contribution in [0.2, 0.25) is 0 Å². The molecule has 2 aliphatic rings. The predicted octanol–water partition coefficient (Wildman–Crippen LogP) is 33.3. The Morgan fingerprint density at radius 3 is 1.01 bits per heavy atom. The first-order valence-electron chi connectivity index (χ1n) is 42.8. The van der Waals surface area contributed by atoms with Crippen LogP contribution in [0.3, 0.4) is 0 Å². The van der Waals surface area contributed by atoms with Crippen molar-refractivity contribution in [2.75, 3.05) is 26.3 Å². The number of hydrogen-bond acceptors (Lipinski definition) is 16. The Balaban J connectivity index is 1.01. The van der Waals surface area contributed by atoms with E-state index < -0.39 is 0 Å². The number of nitrogens with zero attached hydrogens (tertiary/aromatic N) is 2. The van der Waals surface area contributed by atoms with E-state index in [2.05, 4.69) is 128 Å². The summed E-state index contributed by atoms with van der Waals surface area (Å²) >= 11 is 29.6. The van der Waals surface area contributed by atoms with Gasteiger partial charge in [0.2, 0.25) is 0 Å². The summed E-state index contributed by atoms with van der Waals surface area (Å²) in [5, 5.41) is 2.36. The molecule has 2 saturated heterocycles. The highest BCUT2D eigenvalue weighted by Gasteiger charge is 2.34. The molecule has 0 spiro atoms. The van der Waals surface area contributed by atoms with Crippen LogP contribution in [0, 0.1) is 11.8 Å². The van der Waals surface area contributed by atoms with Gasteiger partial charge in [-0.15, -0.1) is 90.7 Å². The molecule has 11 rings (SSSR count). The van der Waals surface area contributed by atoms with Crippen molar-refractivity contribution in [3.05, 3.63) is 102 Å². The van der Waals surface area contributed by atoms with Crippen LogP contribution < -0.4 is 9.47 Å². The Kier molecular flexibility index (Phi) is 35.9. The van der Waals surface area contributed by atoms with E-state index in [1.807, 2.05) is 105 Å². The lowest BCUT2D eigenvalue weighted by Gasteiger charge is -2.19. The van der Waals surface area contributed by atoms with Crippen molar-refractivity contribution in [3.63, 3.8) is 0 Å². The monoisotopic (exact) mass is 1710 g/mol. The van der Waals surface area contributed by atoms with E-state index in [1.165, 1.54) is 279 Å². The molecule has 18 heteroatoms. The van der Waals surface area contributed by atoms with Crippen LogP contribution in [0.25, 0.3) is 90.9 Å². The Morgan fingerprint density at radius 2 is 0.676 bits per heavy atom. The van der Waals surface area contributed by atoms with Crippen LogP contribution in [0.4, 0.5) is 0 Å². The Labute approximate surface area is 717 Å². The fourth-order valence-electron chi connectivity index (χ4n) is 15.4. The third kappa shape index (κ3) is 23.2. The van der Waals surface area contributed by atoms with Gasteiger partial charge < -0.3 is 9.47 Å². The molecule has 0 aliphatic carbocycles. The molecule has 10 heterocycles. The molecule has 6 nitrogen and oxygen atoms in total. The zero-order valence-electron chi connectivity index (χ0n) is 68.1. The number of aryl methyl sites for hydroxylation is 4. The van der Waals surface area contributed by atoms with Gasteiger partial charge in [0, 0.05) is 92.1 Å². The van der Waals surface area contributed by atoms with Crippen LogP contribution in [-0.2, 0) is 35.3 Å². The molecule has 2 atom stereocenters. The van der Waals surface area contributed by atoms with E-state index in [9.17, 15) is 9.59 Å². The molecule has 9 aromatic rings. The van der Waals surface area contributed by atoms with Crippen LogP contribution in [0.15, 0.2) is 70.5 Å². The quantitative estimate of drug-likeness (QED) is 0.0212. The summed E-state index contributed by atoms with van der Waals surface area (Å²) in [5.74, 6) is 3.00. The molecular weight excluding hydrogens is 1590 g/mol. The molecule has 0 saturated carbocycles. The van der Waals surface area contributed by atoms with Gasteiger partial charge in [-0.1, -0.05) is 264 Å². The van der Waals surface area contributed by atoms with Crippen LogP contribution in [-0.4, -0.2) is 56.6 Å². The first-order chi connectivity index (χ1) is 54.3. The molecule has 0 radical (unpaired) electrons. The molecule has 8 aromatic heterocycles. The Hall–Kier alpha value is -3.76. The zero-order valence-corrected chi connectivity index (χ0v) is 77.9. The van der Waals surface area contributed by atoms with E-state index in [0.29, 0.717) is 46.8 Å². The second kappa shape index (κ2) is 45.3. The molecule has 0 N–H and O–H groups in total. The van der Waals surface area contributed by atoms with E-state index in [4.69, 9.17) is 33.9 Å². The number of fused-ring (bicyclic) bond motifs is 2. The summed E-state index contributed by atoms with van der Waals surface area (Å²) < 4.78 is 18.7. The number of hydrogen-bond donors (Lipinski definition) is 0. The van der Waals surface area contributed by atoms with Crippen LogP contribution in [0.1, 0.15) is 300 Å². The summed E-state index contributed by atoms with van der Waals surface area (Å²) in [6, 6.07) is 24.5. The number of amides is 2. The number of thiocarbonyl (C=S) groups is 2. The molecule has 2 amide bonds. The van der Waals surface area contributed by atoms with Crippen LogP contribution in [0.5, 0.6) is 11.5 Å². The fourth-order valence-corrected chi connectivity index (χ4v) is 28.1. The summed E-state index contributed by atoms with van der Waals surface area (Å²) in [7, 11) is 0. The molecule has 0 bridgehead atoms. The average molecular weight is 1720 g/mol. The number of unbranched alkanes of at least 4 members (excludes halogenated alkanes) is 21. The summed E-state index contributed by atoms with van der Waals surface area (Å²) in [5.41, 5.74) is 5.70. The largest absolute Gasteiger partial charge is 0.491 e. The van der Waals surface area contributed by atoms with Gasteiger partial charge in [-0.3, -0.25) is 19.4 Å². The van der Waals surface area contributed by atoms with Crippen molar-refractivity contribution < 1.29 is 19.1 Å². The maximum absolute atomic E-state index is 13.6. The summed E-state index contributed by atoms with van der Waals surface area (Å²) in [6.45, 7) is 25.1. The standard InChI is InChI=1S/C93H122N2O4S12/c1-11-21-26-30-34-38-44-64-52-68(56-80-90(96)94(19-9)92(100)110-80)102-84(64)72-48-50-74(104-72)86-66(46-40-36-32-28-23-13-3)54-76(106-86)78-58-70-82(98-60-62(17-7)42-16-6)88-71(83(89(70)109-78)99-61-63(18-8)43-25-15-5)59-79(108-88)77-55-67(47-41-37-33-29-24-14-4)87(107-77)75-51-49-73(105-75)85-65(45-39-35-31-27-22-12-2)53-69(103-85)57-81-91(97)95(20-10)93(101)111-81/h48-59,62-63H,11-47,60-61H2,1-10H3/b80-56+,81-57+. The van der Waals surface area contributed by atoms with E-state index in [-0.39, 0.29) is 11.8 Å². The molecule has 2 fully saturated rings. The predicted molar refractivity (Wildman–Crippen MR) is 509 cm³/mol. The topological polar surface area (TPSA) is 59.1 Å². The van der Waals surface area contributed by atoms with Gasteiger partial charge >= 0.3 is 0 Å².